The summed E-state index contributed by atoms with van der Waals surface area (Å²) in [5.74, 6) is -2.37. The van der Waals surface area contributed by atoms with Gasteiger partial charge >= 0.3 is 0 Å². The molecule has 1 saturated heterocycles. The number of anilines is 1. The minimum atomic E-state index is -0.678. The Balaban J connectivity index is 1.65. The van der Waals surface area contributed by atoms with E-state index in [1.165, 1.54) is 18.2 Å². The molecule has 2 N–H and O–H groups in total. The highest BCUT2D eigenvalue weighted by molar-refractivity contribution is 5.97. The Morgan fingerprint density at radius 3 is 2.81 bits per heavy atom. The van der Waals surface area contributed by atoms with Gasteiger partial charge in [0, 0.05) is 43.4 Å². The number of aromatic amines is 1. The summed E-state index contributed by atoms with van der Waals surface area (Å²) in [4.78, 5) is 14.6. The predicted octanol–water partition coefficient (Wildman–Crippen LogP) is 3.23. The largest absolute Gasteiger partial charge is 0.383 e. The maximum absolute atomic E-state index is 15.0. The lowest BCUT2D eigenvalue weighted by Crippen LogP contribution is -2.41. The number of H-pyrrole nitrogens is 1. The fourth-order valence-corrected chi connectivity index (χ4v) is 5.12. The summed E-state index contributed by atoms with van der Waals surface area (Å²) in [5.41, 5.74) is 0.691. The molecule has 168 valence electrons. The van der Waals surface area contributed by atoms with Crippen molar-refractivity contribution in [1.29, 1.82) is 0 Å². The topological polar surface area (TPSA) is 70.2 Å². The highest BCUT2D eigenvalue weighted by Crippen LogP contribution is 2.44. The molecule has 5 rings (SSSR count). The van der Waals surface area contributed by atoms with Crippen molar-refractivity contribution in [3.63, 3.8) is 0 Å². The monoisotopic (exact) mass is 444 g/mol. The van der Waals surface area contributed by atoms with Crippen molar-refractivity contribution in [1.82, 2.24) is 15.1 Å². The number of hydrogen-bond donors (Lipinski definition) is 2. The van der Waals surface area contributed by atoms with E-state index in [4.69, 9.17) is 4.74 Å². The highest BCUT2D eigenvalue weighted by Gasteiger charge is 2.41. The molecule has 0 unspecified atom stereocenters. The fraction of sp³-hybridized carbons (Fsp3) is 0.391. The van der Waals surface area contributed by atoms with Crippen molar-refractivity contribution in [2.75, 3.05) is 38.7 Å². The summed E-state index contributed by atoms with van der Waals surface area (Å²) in [6.45, 7) is 2.99. The molecule has 0 amide bonds. The Hall–Kier alpha value is -2.91. The Kier molecular flexibility index (Phi) is 5.38. The highest BCUT2D eigenvalue weighted by atomic mass is 19.1. The molecular formula is C23H23F3N4O2. The van der Waals surface area contributed by atoms with Crippen molar-refractivity contribution in [3.8, 4) is 0 Å². The molecule has 6 nitrogen and oxygen atoms in total. The zero-order chi connectivity index (χ0) is 22.4. The van der Waals surface area contributed by atoms with Crippen LogP contribution in [0, 0.1) is 23.4 Å². The number of halogens is 3. The SMILES string of the molecule is COCCN1CC[C@@H]([C@H]2Nc3cc(F)cc4c(=O)[nH]nc(c34)[C@@H]2c2ccc(F)cc2F)C1. The molecule has 0 aliphatic carbocycles. The molecule has 3 heterocycles. The Labute approximate surface area is 182 Å². The van der Waals surface area contributed by atoms with Gasteiger partial charge in [-0.2, -0.15) is 5.10 Å². The zero-order valence-electron chi connectivity index (χ0n) is 17.5. The van der Waals surface area contributed by atoms with Crippen LogP contribution in [-0.2, 0) is 4.74 Å². The molecule has 9 heteroatoms. The number of rotatable bonds is 5. The van der Waals surface area contributed by atoms with Crippen LogP contribution in [0.3, 0.4) is 0 Å². The molecule has 2 aromatic carbocycles. The lowest BCUT2D eigenvalue weighted by atomic mass is 9.77. The molecule has 2 aliphatic heterocycles. The number of nitrogens with one attached hydrogen (secondary N) is 2. The van der Waals surface area contributed by atoms with E-state index in [0.29, 0.717) is 23.4 Å². The van der Waals surface area contributed by atoms with Crippen molar-refractivity contribution >= 4 is 16.5 Å². The van der Waals surface area contributed by atoms with Crippen molar-refractivity contribution < 1.29 is 17.9 Å². The lowest BCUT2D eigenvalue weighted by Gasteiger charge is -2.38. The quantitative estimate of drug-likeness (QED) is 0.633. The molecule has 0 bridgehead atoms. The number of aromatic nitrogens is 2. The van der Waals surface area contributed by atoms with E-state index in [0.717, 1.165) is 38.2 Å². The van der Waals surface area contributed by atoms with Crippen LogP contribution in [0.5, 0.6) is 0 Å². The van der Waals surface area contributed by atoms with Crippen LogP contribution in [0.1, 0.15) is 23.6 Å². The van der Waals surface area contributed by atoms with Crippen LogP contribution in [-0.4, -0.2) is 54.5 Å². The first kappa shape index (κ1) is 21.0. The molecule has 0 spiro atoms. The Bertz CT molecular complexity index is 1230. The van der Waals surface area contributed by atoms with Gasteiger partial charge in [0.2, 0.25) is 0 Å². The van der Waals surface area contributed by atoms with Crippen molar-refractivity contribution in [2.45, 2.75) is 18.4 Å². The van der Waals surface area contributed by atoms with Gasteiger partial charge in [0.1, 0.15) is 17.5 Å². The second-order valence-corrected chi connectivity index (χ2v) is 8.47. The third-order valence-corrected chi connectivity index (χ3v) is 6.58. The minimum Gasteiger partial charge on any atom is -0.383 e. The summed E-state index contributed by atoms with van der Waals surface area (Å²) < 4.78 is 48.2. The first-order valence-electron chi connectivity index (χ1n) is 10.6. The van der Waals surface area contributed by atoms with Crippen molar-refractivity contribution in [3.05, 3.63) is 69.4 Å². The Morgan fingerprint density at radius 1 is 1.19 bits per heavy atom. The standard InChI is InChI=1S/C23H23F3N4O2/c1-32-7-6-30-5-4-12(11-30)21-20(15-3-2-13(24)9-17(15)26)22-19-16(23(31)29-28-22)8-14(25)10-18(19)27-21/h2-3,8-10,12,20-21,27H,4-7,11H2,1H3,(H,29,31)/t12-,20-,21-/m1/s1. The summed E-state index contributed by atoms with van der Waals surface area (Å²) in [5, 5.41) is 10.7. The number of methoxy groups -OCH3 is 1. The van der Waals surface area contributed by atoms with Crippen LogP contribution in [0.4, 0.5) is 18.9 Å². The third kappa shape index (κ3) is 3.55. The summed E-state index contributed by atoms with van der Waals surface area (Å²) in [7, 11) is 1.65. The minimum absolute atomic E-state index is 0.0986. The first-order chi connectivity index (χ1) is 15.5. The number of ether oxygens (including phenoxy) is 1. The van der Waals surface area contributed by atoms with Gasteiger partial charge in [-0.1, -0.05) is 6.07 Å². The van der Waals surface area contributed by atoms with Gasteiger partial charge in [-0.15, -0.1) is 0 Å². The zero-order valence-corrected chi connectivity index (χ0v) is 17.5. The molecule has 1 aromatic heterocycles. The summed E-state index contributed by atoms with van der Waals surface area (Å²) in [6.07, 6.45) is 0.845. The van der Waals surface area contributed by atoms with E-state index in [-0.39, 0.29) is 22.9 Å². The van der Waals surface area contributed by atoms with Gasteiger partial charge in [-0.05, 0) is 42.6 Å². The second kappa shape index (κ2) is 8.22. The predicted molar refractivity (Wildman–Crippen MR) is 114 cm³/mol. The van der Waals surface area contributed by atoms with Gasteiger partial charge in [-0.3, -0.25) is 4.79 Å². The molecule has 0 radical (unpaired) electrons. The van der Waals surface area contributed by atoms with Gasteiger partial charge in [-0.25, -0.2) is 18.3 Å². The maximum Gasteiger partial charge on any atom is 0.272 e. The molecule has 2 aliphatic rings. The molecule has 32 heavy (non-hydrogen) atoms. The number of likely N-dealkylation sites (tertiary alicyclic amines) is 1. The smallest absolute Gasteiger partial charge is 0.272 e. The third-order valence-electron chi connectivity index (χ3n) is 6.58. The average molecular weight is 444 g/mol. The first-order valence-corrected chi connectivity index (χ1v) is 10.6. The molecule has 3 aromatic rings. The molecule has 1 fully saturated rings. The van der Waals surface area contributed by atoms with E-state index in [1.807, 2.05) is 0 Å². The van der Waals surface area contributed by atoms with E-state index in [1.54, 1.807) is 7.11 Å². The van der Waals surface area contributed by atoms with Crippen LogP contribution in [0.2, 0.25) is 0 Å². The fourth-order valence-electron chi connectivity index (χ4n) is 5.12. The summed E-state index contributed by atoms with van der Waals surface area (Å²) >= 11 is 0. The normalized spacial score (nSPS) is 22.9. The Morgan fingerprint density at radius 2 is 2.03 bits per heavy atom. The van der Waals surface area contributed by atoms with Crippen LogP contribution in [0.25, 0.3) is 10.8 Å². The van der Waals surface area contributed by atoms with E-state index in [9.17, 15) is 18.0 Å². The lowest BCUT2D eigenvalue weighted by molar-refractivity contribution is 0.158. The molecular weight excluding hydrogens is 421 g/mol. The van der Waals surface area contributed by atoms with E-state index < -0.39 is 28.9 Å². The maximum atomic E-state index is 15.0. The van der Waals surface area contributed by atoms with Crippen molar-refractivity contribution in [2.24, 2.45) is 5.92 Å². The summed E-state index contributed by atoms with van der Waals surface area (Å²) in [6, 6.07) is 5.68. The van der Waals surface area contributed by atoms with Gasteiger partial charge in [0.15, 0.2) is 0 Å². The van der Waals surface area contributed by atoms with Crippen LogP contribution < -0.4 is 10.9 Å². The van der Waals surface area contributed by atoms with E-state index >= 15 is 0 Å². The number of hydrogen-bond acceptors (Lipinski definition) is 5. The van der Waals surface area contributed by atoms with Crippen LogP contribution >= 0.6 is 0 Å². The average Bonchev–Trinajstić information content (AvgIpc) is 3.23. The van der Waals surface area contributed by atoms with Gasteiger partial charge in [0.25, 0.3) is 5.56 Å². The van der Waals surface area contributed by atoms with Gasteiger partial charge in [0.05, 0.1) is 23.6 Å². The van der Waals surface area contributed by atoms with E-state index in [2.05, 4.69) is 20.4 Å². The second-order valence-electron chi connectivity index (χ2n) is 8.47. The number of benzene rings is 2. The molecule has 0 saturated carbocycles. The number of nitrogens with zero attached hydrogens (tertiary/aromatic N) is 2. The van der Waals surface area contributed by atoms with Gasteiger partial charge < -0.3 is 15.0 Å². The molecule has 3 atom stereocenters. The van der Waals surface area contributed by atoms with Crippen LogP contribution in [0.15, 0.2) is 35.1 Å².